The van der Waals surface area contributed by atoms with Crippen molar-refractivity contribution >= 4 is 56.6 Å². The molecule has 0 aromatic heterocycles. The lowest BCUT2D eigenvalue weighted by Gasteiger charge is -2.23. The average Bonchev–Trinajstić information content (AvgIpc) is 2.75. The van der Waals surface area contributed by atoms with Gasteiger partial charge in [-0.2, -0.15) is 4.31 Å². The largest absolute Gasteiger partial charge is 0.324 e. The van der Waals surface area contributed by atoms with E-state index in [9.17, 15) is 13.2 Å². The Morgan fingerprint density at radius 1 is 0.968 bits per heavy atom. The molecule has 1 amide bonds. The van der Waals surface area contributed by atoms with E-state index in [4.69, 9.17) is 23.2 Å². The Hall–Kier alpha value is -2.03. The molecule has 0 aliphatic heterocycles. The van der Waals surface area contributed by atoms with E-state index in [-0.39, 0.29) is 18.0 Å². The van der Waals surface area contributed by atoms with Crippen LogP contribution in [0.2, 0.25) is 10.0 Å². The van der Waals surface area contributed by atoms with Crippen molar-refractivity contribution in [2.75, 3.05) is 18.1 Å². The summed E-state index contributed by atoms with van der Waals surface area (Å²) in [5.74, 6) is -0.453. The maximum absolute atomic E-state index is 13.3. The molecule has 0 aliphatic rings. The molecule has 9 heteroatoms. The molecule has 0 fully saturated rings. The highest BCUT2D eigenvalue weighted by Gasteiger charge is 2.27. The quantitative estimate of drug-likeness (QED) is 0.417. The van der Waals surface area contributed by atoms with Gasteiger partial charge in [-0.3, -0.25) is 4.79 Å². The molecule has 31 heavy (non-hydrogen) atoms. The summed E-state index contributed by atoms with van der Waals surface area (Å²) in [6, 6.07) is 20.1. The van der Waals surface area contributed by atoms with Crippen LogP contribution in [-0.4, -0.2) is 31.4 Å². The Balaban J connectivity index is 1.91. The molecule has 0 saturated carbocycles. The summed E-state index contributed by atoms with van der Waals surface area (Å²) in [5, 5.41) is 3.65. The third-order valence-corrected chi connectivity index (χ3v) is 7.68. The number of halogens is 2. The third kappa shape index (κ3) is 6.02. The van der Waals surface area contributed by atoms with Gasteiger partial charge in [0.2, 0.25) is 15.9 Å². The predicted molar refractivity (Wildman–Crippen MR) is 127 cm³/mol. The van der Waals surface area contributed by atoms with Crippen molar-refractivity contribution in [2.45, 2.75) is 16.3 Å². The van der Waals surface area contributed by atoms with Gasteiger partial charge in [-0.25, -0.2) is 8.42 Å². The predicted octanol–water partition coefficient (Wildman–Crippen LogP) is 5.54. The first-order valence-corrected chi connectivity index (χ1v) is 12.7. The van der Waals surface area contributed by atoms with Crippen LogP contribution in [0.15, 0.2) is 82.6 Å². The van der Waals surface area contributed by atoms with Gasteiger partial charge in [-0.05, 0) is 54.3 Å². The summed E-state index contributed by atoms with van der Waals surface area (Å²) in [4.78, 5) is 13.7. The lowest BCUT2D eigenvalue weighted by atomic mass is 10.2. The van der Waals surface area contributed by atoms with Crippen LogP contribution in [0, 0.1) is 0 Å². The molecule has 0 atom stereocenters. The lowest BCUT2D eigenvalue weighted by Crippen LogP contribution is -2.37. The fourth-order valence-corrected chi connectivity index (χ4v) is 5.15. The molecule has 0 saturated heterocycles. The maximum atomic E-state index is 13.3. The summed E-state index contributed by atoms with van der Waals surface area (Å²) in [6.07, 6.45) is 1.90. The van der Waals surface area contributed by atoms with Crippen molar-refractivity contribution in [3.63, 3.8) is 0 Å². The normalized spacial score (nSPS) is 11.5. The number of nitrogens with zero attached hydrogens (tertiary/aromatic N) is 1. The first kappa shape index (κ1) is 23.6. The number of carbonyl (C=O) groups is 1. The summed E-state index contributed by atoms with van der Waals surface area (Å²) in [7, 11) is -3.99. The van der Waals surface area contributed by atoms with E-state index in [2.05, 4.69) is 5.32 Å². The monoisotopic (exact) mass is 494 g/mol. The van der Waals surface area contributed by atoms with Gasteiger partial charge in [-0.1, -0.05) is 53.5 Å². The van der Waals surface area contributed by atoms with Crippen LogP contribution in [0.25, 0.3) is 0 Å². The van der Waals surface area contributed by atoms with E-state index < -0.39 is 15.9 Å². The number of rotatable bonds is 8. The van der Waals surface area contributed by atoms with Gasteiger partial charge in [0.1, 0.15) is 0 Å². The molecule has 162 valence electrons. The molecule has 0 bridgehead atoms. The van der Waals surface area contributed by atoms with Crippen LogP contribution in [0.3, 0.4) is 0 Å². The number of amides is 1. The lowest BCUT2D eigenvalue weighted by molar-refractivity contribution is -0.116. The van der Waals surface area contributed by atoms with Gasteiger partial charge < -0.3 is 5.32 Å². The van der Waals surface area contributed by atoms with E-state index >= 15 is 0 Å². The standard InChI is InChI=1S/C22H20Cl2N2O3S2/c1-30-21-9-5-4-8-20(21)25-22(27)15-26(14-16-6-2-3-7-19(16)24)31(28,29)18-12-10-17(23)11-13-18/h2-13H,14-15H2,1H3,(H,25,27). The van der Waals surface area contributed by atoms with Crippen LogP contribution in [-0.2, 0) is 21.4 Å². The Labute approximate surface area is 196 Å². The van der Waals surface area contributed by atoms with Crippen LogP contribution in [0.5, 0.6) is 0 Å². The summed E-state index contributed by atoms with van der Waals surface area (Å²) >= 11 is 13.6. The Morgan fingerprint density at radius 2 is 1.61 bits per heavy atom. The second-order valence-corrected chi connectivity index (χ2v) is 10.2. The number of nitrogens with one attached hydrogen (secondary N) is 1. The van der Waals surface area contributed by atoms with Gasteiger partial charge >= 0.3 is 0 Å². The fraction of sp³-hybridized carbons (Fsp3) is 0.136. The van der Waals surface area contributed by atoms with Gasteiger partial charge in [-0.15, -0.1) is 11.8 Å². The van der Waals surface area contributed by atoms with Crippen molar-refractivity contribution in [1.82, 2.24) is 4.31 Å². The van der Waals surface area contributed by atoms with Crippen molar-refractivity contribution in [3.8, 4) is 0 Å². The fourth-order valence-electron chi connectivity index (χ4n) is 2.90. The van der Waals surface area contributed by atoms with E-state index in [1.165, 1.54) is 36.0 Å². The smallest absolute Gasteiger partial charge is 0.243 e. The Morgan fingerprint density at radius 3 is 2.29 bits per heavy atom. The van der Waals surface area contributed by atoms with Gasteiger partial charge in [0.15, 0.2) is 0 Å². The topological polar surface area (TPSA) is 66.5 Å². The van der Waals surface area contributed by atoms with Crippen LogP contribution < -0.4 is 5.32 Å². The number of sulfonamides is 1. The number of hydrogen-bond acceptors (Lipinski definition) is 4. The molecule has 0 radical (unpaired) electrons. The summed E-state index contributed by atoms with van der Waals surface area (Å²) in [6.45, 7) is -0.429. The average molecular weight is 495 g/mol. The van der Waals surface area contributed by atoms with Crippen molar-refractivity contribution < 1.29 is 13.2 Å². The Bertz CT molecular complexity index is 1170. The minimum Gasteiger partial charge on any atom is -0.324 e. The number of hydrogen-bond donors (Lipinski definition) is 1. The highest BCUT2D eigenvalue weighted by molar-refractivity contribution is 7.98. The molecule has 3 rings (SSSR count). The Kier molecular flexibility index (Phi) is 8.02. The molecule has 3 aromatic rings. The summed E-state index contributed by atoms with van der Waals surface area (Å²) < 4.78 is 27.8. The van der Waals surface area contributed by atoms with Crippen LogP contribution >= 0.6 is 35.0 Å². The third-order valence-electron chi connectivity index (χ3n) is 4.46. The molecular formula is C22H20Cl2N2O3S2. The van der Waals surface area contributed by atoms with Crippen molar-refractivity contribution in [3.05, 3.63) is 88.4 Å². The molecular weight excluding hydrogens is 475 g/mol. The zero-order valence-electron chi connectivity index (χ0n) is 16.6. The highest BCUT2D eigenvalue weighted by Crippen LogP contribution is 2.26. The first-order chi connectivity index (χ1) is 14.8. The molecule has 3 aromatic carbocycles. The van der Waals surface area contributed by atoms with E-state index in [1.54, 1.807) is 36.4 Å². The van der Waals surface area contributed by atoms with Crippen LogP contribution in [0.4, 0.5) is 5.69 Å². The van der Waals surface area contributed by atoms with Crippen LogP contribution in [0.1, 0.15) is 5.56 Å². The maximum Gasteiger partial charge on any atom is 0.243 e. The first-order valence-electron chi connectivity index (χ1n) is 9.23. The van der Waals surface area contributed by atoms with E-state index in [0.717, 1.165) is 9.20 Å². The minimum atomic E-state index is -3.99. The molecule has 0 aliphatic carbocycles. The molecule has 0 heterocycles. The zero-order valence-corrected chi connectivity index (χ0v) is 19.7. The molecule has 1 N–H and O–H groups in total. The zero-order chi connectivity index (χ0) is 22.4. The molecule has 0 spiro atoms. The number of para-hydroxylation sites is 1. The second kappa shape index (κ2) is 10.5. The van der Waals surface area contributed by atoms with E-state index in [0.29, 0.717) is 21.3 Å². The highest BCUT2D eigenvalue weighted by atomic mass is 35.5. The SMILES string of the molecule is CSc1ccccc1NC(=O)CN(Cc1ccccc1Cl)S(=O)(=O)c1ccc(Cl)cc1. The van der Waals surface area contributed by atoms with Crippen molar-refractivity contribution in [2.24, 2.45) is 0 Å². The van der Waals surface area contributed by atoms with Gasteiger partial charge in [0, 0.05) is 21.5 Å². The van der Waals surface area contributed by atoms with Crippen molar-refractivity contribution in [1.29, 1.82) is 0 Å². The number of anilines is 1. The van der Waals surface area contributed by atoms with E-state index in [1.807, 2.05) is 18.4 Å². The summed E-state index contributed by atoms with van der Waals surface area (Å²) in [5.41, 5.74) is 1.22. The number of carbonyl (C=O) groups excluding carboxylic acids is 1. The molecule has 0 unspecified atom stereocenters. The number of benzene rings is 3. The molecule has 5 nitrogen and oxygen atoms in total. The number of thioether (sulfide) groups is 1. The minimum absolute atomic E-state index is 0.0428. The van der Waals surface area contributed by atoms with Gasteiger partial charge in [0.25, 0.3) is 0 Å². The van der Waals surface area contributed by atoms with Gasteiger partial charge in [0.05, 0.1) is 17.1 Å². The second-order valence-electron chi connectivity index (χ2n) is 6.57.